The minimum absolute atomic E-state index is 0.0106. The number of rotatable bonds is 9. The van der Waals surface area contributed by atoms with Crippen LogP contribution in [0.15, 0.2) is 54.7 Å². The van der Waals surface area contributed by atoms with Gasteiger partial charge in [-0.05, 0) is 61.2 Å². The number of imidazole rings is 1. The zero-order valence-corrected chi connectivity index (χ0v) is 25.8. The minimum atomic E-state index is -4.37. The Labute approximate surface area is 274 Å². The molecule has 0 radical (unpaired) electrons. The summed E-state index contributed by atoms with van der Waals surface area (Å²) in [4.78, 5) is 25.0. The monoisotopic (exact) mass is 680 g/mol. The standard InChI is InChI=1S/C34H25F5N4O4S/c35-24-15-23(26-2-1-3-30(42-26)47-18-31-40-16-22(48-31)6-8-33(9-10-33)34(37,38)39)25(36)12-20(24)14-29-41-27-5-4-19(32(44)45)13-28(27)43(29)17-21-7-11-46-21/h1-5,12-13,15-16,21H,7,9-11,14,17-18H2,(H,44,45). The lowest BCUT2D eigenvalue weighted by Gasteiger charge is -2.27. The van der Waals surface area contributed by atoms with Crippen molar-refractivity contribution >= 4 is 28.3 Å². The lowest BCUT2D eigenvalue weighted by molar-refractivity contribution is -0.168. The Kier molecular flexibility index (Phi) is 8.13. The van der Waals surface area contributed by atoms with E-state index in [1.54, 1.807) is 16.7 Å². The van der Waals surface area contributed by atoms with Gasteiger partial charge in [-0.3, -0.25) is 0 Å². The molecule has 0 spiro atoms. The molecule has 0 bridgehead atoms. The van der Waals surface area contributed by atoms with Gasteiger partial charge >= 0.3 is 12.1 Å². The number of alkyl halides is 3. The maximum Gasteiger partial charge on any atom is 0.405 e. The van der Waals surface area contributed by atoms with Gasteiger partial charge in [-0.2, -0.15) is 13.2 Å². The molecule has 1 aliphatic carbocycles. The Morgan fingerprint density at radius 1 is 1.12 bits per heavy atom. The highest BCUT2D eigenvalue weighted by Gasteiger charge is 2.62. The average Bonchev–Trinajstić information content (AvgIpc) is 3.59. The Balaban J connectivity index is 1.08. The van der Waals surface area contributed by atoms with Gasteiger partial charge in [0.05, 0.1) is 46.0 Å². The van der Waals surface area contributed by atoms with E-state index in [1.807, 2.05) is 0 Å². The summed E-state index contributed by atoms with van der Waals surface area (Å²) in [6, 6.07) is 11.3. The first-order valence-electron chi connectivity index (χ1n) is 14.9. The summed E-state index contributed by atoms with van der Waals surface area (Å²) >= 11 is 1.10. The van der Waals surface area contributed by atoms with Gasteiger partial charge in [-0.1, -0.05) is 17.9 Å². The fourth-order valence-corrected chi connectivity index (χ4v) is 6.05. The van der Waals surface area contributed by atoms with Crippen molar-refractivity contribution in [2.75, 3.05) is 6.61 Å². The summed E-state index contributed by atoms with van der Waals surface area (Å²) in [6.45, 7) is 0.955. The van der Waals surface area contributed by atoms with Crippen molar-refractivity contribution in [3.05, 3.63) is 93.2 Å². The van der Waals surface area contributed by atoms with E-state index in [0.717, 1.165) is 29.9 Å². The first-order chi connectivity index (χ1) is 23.0. The van der Waals surface area contributed by atoms with Crippen LogP contribution in [-0.4, -0.2) is 49.5 Å². The first kappa shape index (κ1) is 31.7. The van der Waals surface area contributed by atoms with Crippen LogP contribution in [0.1, 0.15) is 50.9 Å². The number of hydrogen-bond acceptors (Lipinski definition) is 7. The molecule has 4 heterocycles. The number of carboxylic acids is 1. The van der Waals surface area contributed by atoms with Crippen molar-refractivity contribution in [1.29, 1.82) is 0 Å². The quantitative estimate of drug-likeness (QED) is 0.130. The van der Waals surface area contributed by atoms with Crippen LogP contribution in [0.3, 0.4) is 0 Å². The van der Waals surface area contributed by atoms with Crippen LogP contribution in [0.2, 0.25) is 0 Å². The highest BCUT2D eigenvalue weighted by atomic mass is 32.1. The molecule has 8 nitrogen and oxygen atoms in total. The van der Waals surface area contributed by atoms with Crippen LogP contribution >= 0.6 is 11.3 Å². The Morgan fingerprint density at radius 2 is 1.94 bits per heavy atom. The van der Waals surface area contributed by atoms with Crippen LogP contribution in [0, 0.1) is 28.9 Å². The number of aromatic nitrogens is 4. The van der Waals surface area contributed by atoms with E-state index in [0.29, 0.717) is 39.9 Å². The van der Waals surface area contributed by atoms with Crippen molar-refractivity contribution < 1.29 is 41.3 Å². The molecule has 14 heteroatoms. The summed E-state index contributed by atoms with van der Waals surface area (Å²) < 4.78 is 83.5. The van der Waals surface area contributed by atoms with Crippen LogP contribution in [0.5, 0.6) is 5.88 Å². The number of fused-ring (bicyclic) bond motifs is 1. The van der Waals surface area contributed by atoms with E-state index in [9.17, 15) is 23.1 Å². The number of halogens is 5. The molecule has 5 aromatic rings. The minimum Gasteiger partial charge on any atom is -0.478 e. The maximum absolute atomic E-state index is 15.5. The van der Waals surface area contributed by atoms with E-state index >= 15 is 8.78 Å². The molecule has 1 atom stereocenters. The normalized spacial score (nSPS) is 16.6. The molecule has 1 saturated carbocycles. The molecule has 3 aromatic heterocycles. The number of ether oxygens (including phenoxy) is 2. The molecule has 2 aliphatic rings. The topological polar surface area (TPSA) is 99.4 Å². The highest BCUT2D eigenvalue weighted by Crippen LogP contribution is 2.57. The predicted molar refractivity (Wildman–Crippen MR) is 164 cm³/mol. The van der Waals surface area contributed by atoms with Gasteiger partial charge < -0.3 is 19.1 Å². The van der Waals surface area contributed by atoms with Gasteiger partial charge in [0, 0.05) is 24.7 Å². The zero-order chi connectivity index (χ0) is 33.6. The van der Waals surface area contributed by atoms with Crippen molar-refractivity contribution in [3.8, 4) is 29.0 Å². The highest BCUT2D eigenvalue weighted by molar-refractivity contribution is 7.12. The summed E-state index contributed by atoms with van der Waals surface area (Å²) in [5.74, 6) is 2.97. The molecule has 1 N–H and O–H groups in total. The average molecular weight is 681 g/mol. The predicted octanol–water partition coefficient (Wildman–Crippen LogP) is 7.18. The molecule has 48 heavy (non-hydrogen) atoms. The number of carboxylic acid groups (broad SMARTS) is 1. The number of hydrogen-bond donors (Lipinski definition) is 1. The van der Waals surface area contributed by atoms with E-state index in [2.05, 4.69) is 26.8 Å². The molecule has 0 amide bonds. The van der Waals surface area contributed by atoms with Crippen LogP contribution in [0.25, 0.3) is 22.3 Å². The Morgan fingerprint density at radius 3 is 2.65 bits per heavy atom. The first-order valence-corrected chi connectivity index (χ1v) is 15.8. The third kappa shape index (κ3) is 6.35. The van der Waals surface area contributed by atoms with Gasteiger partial charge in [0.25, 0.3) is 0 Å². The Bertz CT molecular complexity index is 2110. The third-order valence-electron chi connectivity index (χ3n) is 8.35. The van der Waals surface area contributed by atoms with Crippen molar-refractivity contribution in [1.82, 2.24) is 19.5 Å². The molecule has 1 unspecified atom stereocenters. The molecule has 7 rings (SSSR count). The van der Waals surface area contributed by atoms with E-state index < -0.39 is 29.2 Å². The van der Waals surface area contributed by atoms with Crippen molar-refractivity contribution in [2.45, 2.75) is 51.1 Å². The number of thiazole rings is 1. The molecule has 2 fully saturated rings. The summed E-state index contributed by atoms with van der Waals surface area (Å²) in [5, 5.41) is 9.93. The molecule has 2 aromatic carbocycles. The second-order valence-corrected chi connectivity index (χ2v) is 12.7. The molecule has 1 saturated heterocycles. The summed E-state index contributed by atoms with van der Waals surface area (Å²) in [6.07, 6.45) is -2.34. The maximum atomic E-state index is 15.5. The molecule has 1 aliphatic heterocycles. The summed E-state index contributed by atoms with van der Waals surface area (Å²) in [7, 11) is 0. The van der Waals surface area contributed by atoms with Crippen LogP contribution in [0.4, 0.5) is 22.0 Å². The number of aromatic carboxylic acids is 1. The number of pyridine rings is 1. The second-order valence-electron chi connectivity index (χ2n) is 11.6. The van der Waals surface area contributed by atoms with Crippen LogP contribution in [-0.2, 0) is 24.3 Å². The van der Waals surface area contributed by atoms with Gasteiger partial charge in [0.1, 0.15) is 34.5 Å². The number of benzene rings is 2. The van der Waals surface area contributed by atoms with Gasteiger partial charge in [0.2, 0.25) is 5.88 Å². The molecular weight excluding hydrogens is 655 g/mol. The summed E-state index contributed by atoms with van der Waals surface area (Å²) in [5.41, 5.74) is -0.661. The third-order valence-corrected chi connectivity index (χ3v) is 9.24. The molecule has 246 valence electrons. The molecular formula is C34H25F5N4O4S. The van der Waals surface area contributed by atoms with E-state index in [-0.39, 0.29) is 60.2 Å². The van der Waals surface area contributed by atoms with E-state index in [4.69, 9.17) is 9.47 Å². The van der Waals surface area contributed by atoms with Crippen molar-refractivity contribution in [3.63, 3.8) is 0 Å². The largest absolute Gasteiger partial charge is 0.478 e. The second kappa shape index (κ2) is 12.3. The smallest absolute Gasteiger partial charge is 0.405 e. The van der Waals surface area contributed by atoms with Crippen molar-refractivity contribution in [2.24, 2.45) is 5.41 Å². The van der Waals surface area contributed by atoms with Gasteiger partial charge in [-0.15, -0.1) is 11.3 Å². The van der Waals surface area contributed by atoms with Crippen LogP contribution < -0.4 is 4.74 Å². The van der Waals surface area contributed by atoms with Gasteiger partial charge in [-0.25, -0.2) is 28.5 Å². The zero-order valence-electron chi connectivity index (χ0n) is 25.0. The number of nitrogens with zero attached hydrogens (tertiary/aromatic N) is 4. The van der Waals surface area contributed by atoms with E-state index in [1.165, 1.54) is 30.5 Å². The Hall–Kier alpha value is -4.87. The lowest BCUT2D eigenvalue weighted by Crippen LogP contribution is -2.31. The fourth-order valence-electron chi connectivity index (χ4n) is 5.37. The fraction of sp³-hybridized carbons (Fsp3) is 0.294. The number of carbonyl (C=O) groups is 1. The lowest BCUT2D eigenvalue weighted by atomic mass is 10.0. The van der Waals surface area contributed by atoms with Gasteiger partial charge in [0.15, 0.2) is 0 Å². The SMILES string of the molecule is O=C(O)c1ccc2nc(Cc3cc(F)c(-c4cccc(OCc5ncc(C#CC6(C(F)(F)F)CC6)s5)n4)cc3F)n(CC3CCO3)c2c1.